The Hall–Kier alpha value is -0.650. The van der Waals surface area contributed by atoms with Gasteiger partial charge in [0.2, 0.25) is 0 Å². The van der Waals surface area contributed by atoms with E-state index in [1.165, 1.54) is 5.06 Å². The van der Waals surface area contributed by atoms with Gasteiger partial charge in [-0.3, -0.25) is 4.79 Å². The second-order valence-electron chi connectivity index (χ2n) is 3.07. The van der Waals surface area contributed by atoms with Gasteiger partial charge in [0.05, 0.1) is 0 Å². The van der Waals surface area contributed by atoms with Crippen molar-refractivity contribution in [3.05, 3.63) is 0 Å². The average molecular weight is 203 g/mol. The highest BCUT2D eigenvalue weighted by Gasteiger charge is 2.09. The van der Waals surface area contributed by atoms with Crippen LogP contribution in [0.25, 0.3) is 0 Å². The summed E-state index contributed by atoms with van der Waals surface area (Å²) in [6, 6.07) is 0. The molecule has 5 nitrogen and oxygen atoms in total. The fourth-order valence-corrected chi connectivity index (χ4v) is 1.00. The highest BCUT2D eigenvalue weighted by molar-refractivity contribution is 5.68. The first kappa shape index (κ1) is 13.4. The number of hydrogen-bond acceptors (Lipinski definition) is 5. The summed E-state index contributed by atoms with van der Waals surface area (Å²) in [5.41, 5.74) is 10.7. The molecule has 0 radical (unpaired) electrons. The van der Waals surface area contributed by atoms with Gasteiger partial charge in [-0.05, 0) is 6.42 Å². The van der Waals surface area contributed by atoms with Gasteiger partial charge < -0.3 is 16.3 Å². The molecule has 0 spiro atoms. The number of hydrogen-bond donors (Lipinski definition) is 2. The van der Waals surface area contributed by atoms with Crippen LogP contribution in [0.3, 0.4) is 0 Å². The molecule has 0 atom stereocenters. The van der Waals surface area contributed by atoms with Crippen molar-refractivity contribution in [2.24, 2.45) is 11.5 Å². The molecule has 0 aromatic rings. The van der Waals surface area contributed by atoms with E-state index >= 15 is 0 Å². The molecule has 0 aliphatic carbocycles. The van der Waals surface area contributed by atoms with Crippen molar-refractivity contribution in [3.63, 3.8) is 0 Å². The predicted octanol–water partition coefficient (Wildman–Crippen LogP) is -0.146. The first-order valence-electron chi connectivity index (χ1n) is 5.10. The van der Waals surface area contributed by atoms with Gasteiger partial charge in [-0.2, -0.15) is 0 Å². The summed E-state index contributed by atoms with van der Waals surface area (Å²) >= 11 is 0. The molecule has 0 unspecified atom stereocenters. The van der Waals surface area contributed by atoms with Crippen LogP contribution in [0.15, 0.2) is 0 Å². The highest BCUT2D eigenvalue weighted by Crippen LogP contribution is 1.99. The second kappa shape index (κ2) is 8.93. The monoisotopic (exact) mass is 203 g/mol. The number of carbonyl (C=O) groups is 1. The molecule has 0 bridgehead atoms. The van der Waals surface area contributed by atoms with Crippen LogP contribution < -0.4 is 11.5 Å². The van der Waals surface area contributed by atoms with Gasteiger partial charge in [-0.25, -0.2) is 0 Å². The zero-order chi connectivity index (χ0) is 10.8. The van der Waals surface area contributed by atoms with E-state index in [0.29, 0.717) is 32.6 Å². The van der Waals surface area contributed by atoms with E-state index in [9.17, 15) is 4.79 Å². The van der Waals surface area contributed by atoms with Gasteiger partial charge in [0.15, 0.2) is 0 Å². The van der Waals surface area contributed by atoms with E-state index in [-0.39, 0.29) is 5.97 Å². The lowest BCUT2D eigenvalue weighted by atomic mass is 10.3. The minimum Gasteiger partial charge on any atom is -0.368 e. The van der Waals surface area contributed by atoms with Crippen molar-refractivity contribution in [1.82, 2.24) is 5.06 Å². The number of nitrogens with two attached hydrogens (primary N) is 2. The fraction of sp³-hybridized carbons (Fsp3) is 0.889. The largest absolute Gasteiger partial charge is 0.368 e. The lowest BCUT2D eigenvalue weighted by Crippen LogP contribution is -2.35. The van der Waals surface area contributed by atoms with Gasteiger partial charge in [0, 0.05) is 32.6 Å². The Morgan fingerprint density at radius 1 is 1.29 bits per heavy atom. The van der Waals surface area contributed by atoms with Crippen LogP contribution in [0.4, 0.5) is 0 Å². The minimum atomic E-state index is -0.200. The van der Waals surface area contributed by atoms with Crippen LogP contribution >= 0.6 is 0 Å². The van der Waals surface area contributed by atoms with Gasteiger partial charge in [0.25, 0.3) is 0 Å². The Balaban J connectivity index is 3.71. The highest BCUT2D eigenvalue weighted by atomic mass is 16.7. The average Bonchev–Trinajstić information content (AvgIpc) is 2.15. The quantitative estimate of drug-likeness (QED) is 0.536. The zero-order valence-corrected chi connectivity index (χ0v) is 8.87. The summed E-state index contributed by atoms with van der Waals surface area (Å²) < 4.78 is 0. The molecule has 0 saturated heterocycles. The summed E-state index contributed by atoms with van der Waals surface area (Å²) in [5.74, 6) is -0.200. The summed E-state index contributed by atoms with van der Waals surface area (Å²) in [6.45, 7) is 4.02. The van der Waals surface area contributed by atoms with Gasteiger partial charge in [-0.15, -0.1) is 5.06 Å². The maximum Gasteiger partial charge on any atom is 0.325 e. The van der Waals surface area contributed by atoms with Crippen LogP contribution in [-0.2, 0) is 9.63 Å². The number of nitrogens with zero attached hydrogens (tertiary/aromatic N) is 1. The lowest BCUT2D eigenvalue weighted by Gasteiger charge is -2.19. The molecule has 0 saturated carbocycles. The number of hydroxylamine groups is 2. The number of carbonyl (C=O) groups excluding carboxylic acids is 1. The molecular formula is C9H21N3O2. The number of rotatable bonds is 8. The van der Waals surface area contributed by atoms with Crippen LogP contribution in [0, 0.1) is 0 Å². The van der Waals surface area contributed by atoms with Crippen molar-refractivity contribution in [3.8, 4) is 0 Å². The van der Waals surface area contributed by atoms with Crippen molar-refractivity contribution >= 4 is 5.97 Å². The Bertz CT molecular complexity index is 147. The Morgan fingerprint density at radius 3 is 2.29 bits per heavy atom. The SMILES string of the molecule is CCCCC(=O)ON(CCN)CCN. The Labute approximate surface area is 85.3 Å². The molecule has 0 fully saturated rings. The van der Waals surface area contributed by atoms with Gasteiger partial charge in [0.1, 0.15) is 0 Å². The fourth-order valence-electron chi connectivity index (χ4n) is 1.00. The normalized spacial score (nSPS) is 10.6. The van der Waals surface area contributed by atoms with Crippen LogP contribution in [0.1, 0.15) is 26.2 Å². The van der Waals surface area contributed by atoms with Crippen LogP contribution in [0.2, 0.25) is 0 Å². The molecule has 84 valence electrons. The number of unbranched alkanes of at least 4 members (excludes halogenated alkanes) is 1. The Kier molecular flexibility index (Phi) is 8.51. The predicted molar refractivity (Wildman–Crippen MR) is 55.3 cm³/mol. The maximum atomic E-state index is 11.2. The minimum absolute atomic E-state index is 0.200. The van der Waals surface area contributed by atoms with E-state index in [2.05, 4.69) is 0 Å². The third-order valence-electron chi connectivity index (χ3n) is 1.72. The third-order valence-corrected chi connectivity index (χ3v) is 1.72. The van der Waals surface area contributed by atoms with E-state index in [0.717, 1.165) is 12.8 Å². The topological polar surface area (TPSA) is 81.6 Å². The van der Waals surface area contributed by atoms with Gasteiger partial charge in [-0.1, -0.05) is 13.3 Å². The zero-order valence-electron chi connectivity index (χ0n) is 8.87. The lowest BCUT2D eigenvalue weighted by molar-refractivity contribution is -0.189. The van der Waals surface area contributed by atoms with Crippen LogP contribution in [0.5, 0.6) is 0 Å². The molecule has 0 aromatic heterocycles. The molecule has 0 rings (SSSR count). The first-order chi connectivity index (χ1) is 6.74. The second-order valence-corrected chi connectivity index (χ2v) is 3.07. The standard InChI is InChI=1S/C9H21N3O2/c1-2-3-4-9(13)14-12(7-5-10)8-6-11/h2-8,10-11H2,1H3. The Morgan fingerprint density at radius 2 is 1.86 bits per heavy atom. The summed E-state index contributed by atoms with van der Waals surface area (Å²) in [7, 11) is 0. The van der Waals surface area contributed by atoms with E-state index in [1.54, 1.807) is 0 Å². The van der Waals surface area contributed by atoms with Crippen molar-refractivity contribution < 1.29 is 9.63 Å². The van der Waals surface area contributed by atoms with Crippen molar-refractivity contribution in [1.29, 1.82) is 0 Å². The molecule has 0 amide bonds. The summed E-state index contributed by atoms with van der Waals surface area (Å²) in [5, 5.41) is 1.53. The molecule has 0 aliphatic heterocycles. The molecule has 0 aliphatic rings. The van der Waals surface area contributed by atoms with Crippen molar-refractivity contribution in [2.45, 2.75) is 26.2 Å². The molecule has 14 heavy (non-hydrogen) atoms. The van der Waals surface area contributed by atoms with Crippen LogP contribution in [-0.4, -0.2) is 37.2 Å². The van der Waals surface area contributed by atoms with Gasteiger partial charge >= 0.3 is 5.97 Å². The third kappa shape index (κ3) is 6.82. The molecule has 5 heteroatoms. The van der Waals surface area contributed by atoms with Crippen molar-refractivity contribution in [2.75, 3.05) is 26.2 Å². The summed E-state index contributed by atoms with van der Waals surface area (Å²) in [6.07, 6.45) is 2.31. The molecule has 0 aromatic carbocycles. The molecule has 0 heterocycles. The van der Waals surface area contributed by atoms with E-state index < -0.39 is 0 Å². The first-order valence-corrected chi connectivity index (χ1v) is 5.10. The van der Waals surface area contributed by atoms with E-state index in [1.807, 2.05) is 6.92 Å². The maximum absolute atomic E-state index is 11.2. The van der Waals surface area contributed by atoms with E-state index in [4.69, 9.17) is 16.3 Å². The smallest absolute Gasteiger partial charge is 0.325 e. The summed E-state index contributed by atoms with van der Waals surface area (Å²) in [4.78, 5) is 16.3. The molecular weight excluding hydrogens is 182 g/mol. The molecule has 4 N–H and O–H groups in total.